The number of hydrogen-bond donors (Lipinski definition) is 1. The van der Waals surface area contributed by atoms with E-state index in [1.54, 1.807) is 6.92 Å². The van der Waals surface area contributed by atoms with Crippen LogP contribution in [0.3, 0.4) is 0 Å². The molecule has 94 valence electrons. The summed E-state index contributed by atoms with van der Waals surface area (Å²) in [5.74, 6) is -0.426. The Balaban J connectivity index is 4.49. The van der Waals surface area contributed by atoms with Gasteiger partial charge in [0.25, 0.3) is 10.1 Å². The molecule has 0 rings (SSSR count). The van der Waals surface area contributed by atoms with Gasteiger partial charge in [-0.05, 0) is 25.8 Å². The fourth-order valence-corrected chi connectivity index (χ4v) is 1.98. The highest BCUT2D eigenvalue weighted by Crippen LogP contribution is 2.16. The molecular weight excluding hydrogens is 230 g/mol. The third kappa shape index (κ3) is 5.27. The smallest absolute Gasteiger partial charge is 0.267 e. The van der Waals surface area contributed by atoms with Crippen molar-refractivity contribution in [1.82, 2.24) is 5.32 Å². The lowest BCUT2D eigenvalue weighted by Gasteiger charge is -2.28. The zero-order chi connectivity index (χ0) is 12.8. The molecule has 0 bridgehead atoms. The lowest BCUT2D eigenvalue weighted by molar-refractivity contribution is -0.118. The van der Waals surface area contributed by atoms with Gasteiger partial charge in [0, 0.05) is 5.54 Å². The van der Waals surface area contributed by atoms with Crippen molar-refractivity contribution in [2.24, 2.45) is 0 Å². The predicted octanol–water partition coefficient (Wildman–Crippen LogP) is 0.824. The minimum absolute atomic E-state index is 0.120. The van der Waals surface area contributed by atoms with Gasteiger partial charge in [0.1, 0.15) is 0 Å². The largest absolute Gasteiger partial charge is 0.347 e. The summed E-state index contributed by atoms with van der Waals surface area (Å²) in [6.45, 7) is 7.02. The van der Waals surface area contributed by atoms with Crippen LogP contribution in [0.2, 0.25) is 0 Å². The van der Waals surface area contributed by atoms with Gasteiger partial charge in [0.15, 0.2) is 0 Å². The molecule has 0 saturated carbocycles. The second kappa shape index (κ2) is 6.00. The second-order valence-electron chi connectivity index (χ2n) is 3.79. The van der Waals surface area contributed by atoms with E-state index in [9.17, 15) is 13.2 Å². The van der Waals surface area contributed by atoms with Crippen LogP contribution in [-0.4, -0.2) is 32.7 Å². The summed E-state index contributed by atoms with van der Waals surface area (Å²) in [7, 11) is -2.36. The van der Waals surface area contributed by atoms with Gasteiger partial charge in [0.2, 0.25) is 5.91 Å². The number of nitrogens with one attached hydrogen (secondary N) is 1. The Kier molecular flexibility index (Phi) is 5.67. The molecule has 0 aliphatic carbocycles. The van der Waals surface area contributed by atoms with Gasteiger partial charge in [0.05, 0.1) is 12.9 Å². The summed E-state index contributed by atoms with van der Waals surface area (Å²) in [5, 5.41) is 2.71. The lowest BCUT2D eigenvalue weighted by atomic mass is 9.95. The summed E-state index contributed by atoms with van der Waals surface area (Å²) in [6.07, 6.45) is 2.10. The normalized spacial score (nSPS) is 15.2. The van der Waals surface area contributed by atoms with E-state index in [-0.39, 0.29) is 11.7 Å². The molecule has 0 fully saturated rings. The molecule has 1 atom stereocenters. The summed E-state index contributed by atoms with van der Waals surface area (Å²) >= 11 is 0. The van der Waals surface area contributed by atoms with E-state index >= 15 is 0 Å². The van der Waals surface area contributed by atoms with Gasteiger partial charge in [-0.3, -0.25) is 8.98 Å². The first-order valence-corrected chi connectivity index (χ1v) is 6.59. The molecule has 6 heteroatoms. The molecular formula is C10H19NO4S. The summed E-state index contributed by atoms with van der Waals surface area (Å²) in [4.78, 5) is 11.2. The number of amides is 1. The van der Waals surface area contributed by atoms with Crippen LogP contribution in [0.5, 0.6) is 0 Å². The highest BCUT2D eigenvalue weighted by Gasteiger charge is 2.25. The maximum absolute atomic E-state index is 11.2. The standard InChI is InChI=1S/C10H19NO4S/c1-5-9(12)11-10(3,6-2)7-8-16(13,14)15-4/h5H,1,6-8H2,2-4H3,(H,11,12). The van der Waals surface area contributed by atoms with Crippen LogP contribution in [0.25, 0.3) is 0 Å². The average Bonchev–Trinajstić information content (AvgIpc) is 2.26. The van der Waals surface area contributed by atoms with E-state index in [0.717, 1.165) is 7.11 Å². The van der Waals surface area contributed by atoms with Gasteiger partial charge in [-0.1, -0.05) is 13.5 Å². The highest BCUT2D eigenvalue weighted by atomic mass is 32.2. The maximum atomic E-state index is 11.2. The van der Waals surface area contributed by atoms with E-state index in [0.29, 0.717) is 12.8 Å². The van der Waals surface area contributed by atoms with Crippen molar-refractivity contribution in [3.63, 3.8) is 0 Å². The Hall–Kier alpha value is -0.880. The summed E-state index contributed by atoms with van der Waals surface area (Å²) in [6, 6.07) is 0. The Morgan fingerprint density at radius 2 is 2.12 bits per heavy atom. The van der Waals surface area contributed by atoms with Gasteiger partial charge >= 0.3 is 0 Å². The van der Waals surface area contributed by atoms with Crippen LogP contribution in [0, 0.1) is 0 Å². The van der Waals surface area contributed by atoms with Crippen molar-refractivity contribution >= 4 is 16.0 Å². The fourth-order valence-electron chi connectivity index (χ4n) is 1.11. The third-order valence-electron chi connectivity index (χ3n) is 2.55. The quantitative estimate of drug-likeness (QED) is 0.535. The number of carbonyl (C=O) groups is 1. The number of carbonyl (C=O) groups excluding carboxylic acids is 1. The molecule has 5 nitrogen and oxygen atoms in total. The average molecular weight is 249 g/mol. The van der Waals surface area contributed by atoms with Gasteiger partial charge in [-0.15, -0.1) is 0 Å². The summed E-state index contributed by atoms with van der Waals surface area (Å²) < 4.78 is 26.7. The van der Waals surface area contributed by atoms with E-state index in [4.69, 9.17) is 0 Å². The molecule has 0 radical (unpaired) electrons. The lowest BCUT2D eigenvalue weighted by Crippen LogP contribution is -2.46. The van der Waals surface area contributed by atoms with Crippen molar-refractivity contribution < 1.29 is 17.4 Å². The molecule has 1 amide bonds. The molecule has 0 aliphatic heterocycles. The van der Waals surface area contributed by atoms with Crippen molar-refractivity contribution in [3.8, 4) is 0 Å². The molecule has 16 heavy (non-hydrogen) atoms. The number of rotatable bonds is 7. The molecule has 0 heterocycles. The van der Waals surface area contributed by atoms with Crippen LogP contribution >= 0.6 is 0 Å². The van der Waals surface area contributed by atoms with E-state index in [1.165, 1.54) is 6.08 Å². The number of hydrogen-bond acceptors (Lipinski definition) is 4. The Morgan fingerprint density at radius 1 is 1.56 bits per heavy atom. The monoisotopic (exact) mass is 249 g/mol. The molecule has 0 spiro atoms. The van der Waals surface area contributed by atoms with Crippen molar-refractivity contribution in [1.29, 1.82) is 0 Å². The van der Waals surface area contributed by atoms with Gasteiger partial charge in [-0.25, -0.2) is 0 Å². The molecule has 0 aliphatic rings. The van der Waals surface area contributed by atoms with Crippen molar-refractivity contribution in [2.45, 2.75) is 32.2 Å². The van der Waals surface area contributed by atoms with Gasteiger partial charge < -0.3 is 5.32 Å². The molecule has 0 aromatic rings. The summed E-state index contributed by atoms with van der Waals surface area (Å²) in [5.41, 5.74) is -0.559. The predicted molar refractivity (Wildman–Crippen MR) is 62.4 cm³/mol. The third-order valence-corrected chi connectivity index (χ3v) is 3.76. The van der Waals surface area contributed by atoms with Crippen LogP contribution in [-0.2, 0) is 19.1 Å². The SMILES string of the molecule is C=CC(=O)NC(C)(CC)CCS(=O)(=O)OC. The van der Waals surface area contributed by atoms with E-state index in [1.807, 2.05) is 6.92 Å². The topological polar surface area (TPSA) is 72.5 Å². The molecule has 1 N–H and O–H groups in total. The van der Waals surface area contributed by atoms with Gasteiger partial charge in [-0.2, -0.15) is 8.42 Å². The van der Waals surface area contributed by atoms with Crippen LogP contribution in [0.4, 0.5) is 0 Å². The van der Waals surface area contributed by atoms with E-state index < -0.39 is 15.7 Å². The highest BCUT2D eigenvalue weighted by molar-refractivity contribution is 7.86. The molecule has 0 aromatic heterocycles. The van der Waals surface area contributed by atoms with Crippen LogP contribution < -0.4 is 5.32 Å². The maximum Gasteiger partial charge on any atom is 0.267 e. The first-order chi connectivity index (χ1) is 7.28. The fraction of sp³-hybridized carbons (Fsp3) is 0.700. The van der Waals surface area contributed by atoms with Crippen LogP contribution in [0.15, 0.2) is 12.7 Å². The zero-order valence-electron chi connectivity index (χ0n) is 9.95. The Labute approximate surface area is 97.0 Å². The van der Waals surface area contributed by atoms with Crippen molar-refractivity contribution in [2.75, 3.05) is 12.9 Å². The first kappa shape index (κ1) is 15.1. The minimum atomic E-state index is -3.48. The second-order valence-corrected chi connectivity index (χ2v) is 5.64. The molecule has 0 aromatic carbocycles. The Morgan fingerprint density at radius 3 is 2.50 bits per heavy atom. The zero-order valence-corrected chi connectivity index (χ0v) is 10.8. The molecule has 0 saturated heterocycles. The molecule has 1 unspecified atom stereocenters. The van der Waals surface area contributed by atoms with Crippen LogP contribution in [0.1, 0.15) is 26.7 Å². The first-order valence-electron chi connectivity index (χ1n) is 5.01. The van der Waals surface area contributed by atoms with E-state index in [2.05, 4.69) is 16.1 Å². The Bertz CT molecular complexity index is 350. The minimum Gasteiger partial charge on any atom is -0.347 e. The van der Waals surface area contributed by atoms with Crippen molar-refractivity contribution in [3.05, 3.63) is 12.7 Å².